The third-order valence-corrected chi connectivity index (χ3v) is 3.52. The fourth-order valence-corrected chi connectivity index (χ4v) is 2.57. The smallest absolute Gasteiger partial charge is 0.153 e. The van der Waals surface area contributed by atoms with Crippen LogP contribution in [0.25, 0.3) is 0 Å². The second kappa shape index (κ2) is 3.63. The predicted molar refractivity (Wildman–Crippen MR) is 65.7 cm³/mol. The number of hydrogen-bond acceptors (Lipinski definition) is 4. The molecule has 1 atom stereocenters. The fourth-order valence-electron chi connectivity index (χ4n) is 2.57. The van der Waals surface area contributed by atoms with E-state index < -0.39 is 0 Å². The number of anilines is 2. The summed E-state index contributed by atoms with van der Waals surface area (Å²) >= 11 is 0. The van der Waals surface area contributed by atoms with Crippen molar-refractivity contribution in [1.29, 1.82) is 0 Å². The average Bonchev–Trinajstić information content (AvgIpc) is 2.66. The molecule has 1 N–H and O–H groups in total. The lowest BCUT2D eigenvalue weighted by atomic mass is 10.2. The largest absolute Gasteiger partial charge is 0.361 e. The van der Waals surface area contributed by atoms with Gasteiger partial charge >= 0.3 is 0 Å². The van der Waals surface area contributed by atoms with Gasteiger partial charge in [-0.25, -0.2) is 4.98 Å². The van der Waals surface area contributed by atoms with E-state index in [1.54, 1.807) is 0 Å². The van der Waals surface area contributed by atoms with Gasteiger partial charge < -0.3 is 10.2 Å². The Labute approximate surface area is 96.3 Å². The first-order valence-corrected chi connectivity index (χ1v) is 5.98. The van der Waals surface area contributed by atoms with Gasteiger partial charge in [0.25, 0.3) is 0 Å². The van der Waals surface area contributed by atoms with Crippen LogP contribution in [0.15, 0.2) is 18.3 Å². The molecule has 3 heterocycles. The number of hydrogen-bond donors (Lipinski definition) is 1. The molecule has 2 aliphatic heterocycles. The third kappa shape index (κ3) is 1.45. The average molecular weight is 218 g/mol. The number of nitrogens with zero attached hydrogens (tertiary/aromatic N) is 3. The molecule has 2 aliphatic rings. The van der Waals surface area contributed by atoms with Crippen molar-refractivity contribution in [2.75, 3.05) is 29.9 Å². The van der Waals surface area contributed by atoms with Gasteiger partial charge in [-0.05, 0) is 26.0 Å². The van der Waals surface area contributed by atoms with Crippen LogP contribution in [0.1, 0.15) is 13.8 Å². The highest BCUT2D eigenvalue weighted by atomic mass is 15.4. The molecule has 16 heavy (non-hydrogen) atoms. The Morgan fingerprint density at radius 2 is 2.31 bits per heavy atom. The summed E-state index contributed by atoms with van der Waals surface area (Å²) in [4.78, 5) is 9.36. The molecule has 0 saturated carbocycles. The number of aromatic nitrogens is 1. The molecular formula is C12H18N4. The molecular weight excluding hydrogens is 200 g/mol. The second-order valence-corrected chi connectivity index (χ2v) is 4.82. The van der Waals surface area contributed by atoms with Crippen LogP contribution in [0.3, 0.4) is 0 Å². The van der Waals surface area contributed by atoms with Gasteiger partial charge in [0.05, 0.1) is 5.69 Å². The molecule has 1 aromatic heterocycles. The Morgan fingerprint density at radius 3 is 3.12 bits per heavy atom. The summed E-state index contributed by atoms with van der Waals surface area (Å²) in [5.41, 5.74) is 1.18. The number of pyridine rings is 1. The summed E-state index contributed by atoms with van der Waals surface area (Å²) in [7, 11) is 0. The first-order valence-electron chi connectivity index (χ1n) is 5.98. The maximum absolute atomic E-state index is 4.46. The third-order valence-electron chi connectivity index (χ3n) is 3.52. The molecule has 4 nitrogen and oxygen atoms in total. The molecule has 1 aromatic rings. The van der Waals surface area contributed by atoms with Crippen LogP contribution in [0.5, 0.6) is 0 Å². The van der Waals surface area contributed by atoms with E-state index in [9.17, 15) is 0 Å². The first kappa shape index (κ1) is 9.90. The maximum Gasteiger partial charge on any atom is 0.153 e. The summed E-state index contributed by atoms with van der Waals surface area (Å²) in [5.74, 6) is 1.12. The van der Waals surface area contributed by atoms with Crippen molar-refractivity contribution in [2.45, 2.75) is 26.1 Å². The van der Waals surface area contributed by atoms with E-state index in [2.05, 4.69) is 40.0 Å². The maximum atomic E-state index is 4.46. The minimum atomic E-state index is 0.404. The van der Waals surface area contributed by atoms with E-state index >= 15 is 0 Å². The molecule has 0 bridgehead atoms. The van der Waals surface area contributed by atoms with Gasteiger partial charge in [0.1, 0.15) is 6.17 Å². The summed E-state index contributed by atoms with van der Waals surface area (Å²) in [6.45, 7) is 7.80. The highest BCUT2D eigenvalue weighted by molar-refractivity contribution is 5.72. The molecule has 4 heteroatoms. The van der Waals surface area contributed by atoms with Crippen LogP contribution >= 0.6 is 0 Å². The van der Waals surface area contributed by atoms with Crippen molar-refractivity contribution >= 4 is 11.5 Å². The molecule has 1 fully saturated rings. The monoisotopic (exact) mass is 218 g/mol. The molecule has 1 unspecified atom stereocenters. The Kier molecular flexibility index (Phi) is 2.24. The first-order chi connectivity index (χ1) is 7.75. The summed E-state index contributed by atoms with van der Waals surface area (Å²) in [6, 6.07) is 4.73. The Hall–Kier alpha value is -1.29. The highest BCUT2D eigenvalue weighted by Crippen LogP contribution is 2.33. The molecule has 1 saturated heterocycles. The molecule has 0 aliphatic carbocycles. The van der Waals surface area contributed by atoms with Crippen LogP contribution in [0, 0.1) is 0 Å². The zero-order valence-electron chi connectivity index (χ0n) is 9.85. The van der Waals surface area contributed by atoms with E-state index in [-0.39, 0.29) is 0 Å². The predicted octanol–water partition coefficient (Wildman–Crippen LogP) is 1.36. The van der Waals surface area contributed by atoms with Gasteiger partial charge in [-0.1, -0.05) is 0 Å². The molecule has 0 amide bonds. The van der Waals surface area contributed by atoms with Crippen molar-refractivity contribution in [3.63, 3.8) is 0 Å². The van der Waals surface area contributed by atoms with Crippen LogP contribution in [0.4, 0.5) is 11.5 Å². The van der Waals surface area contributed by atoms with Gasteiger partial charge in [0.2, 0.25) is 0 Å². The number of piperazine rings is 1. The minimum Gasteiger partial charge on any atom is -0.361 e. The number of nitrogens with one attached hydrogen (secondary N) is 1. The van der Waals surface area contributed by atoms with Crippen molar-refractivity contribution < 1.29 is 0 Å². The number of rotatable bonds is 1. The number of fused-ring (bicyclic) bond motifs is 3. The standard InChI is InChI=1S/C12H18N4/c1-9(2)15-6-7-16-11(8-15)14-10-4-3-5-13-12(10)16/h3-5,9,11,14H,6-8H2,1-2H3. The zero-order valence-corrected chi connectivity index (χ0v) is 9.85. The van der Waals surface area contributed by atoms with E-state index in [0.29, 0.717) is 12.2 Å². The normalized spacial score (nSPS) is 24.2. The highest BCUT2D eigenvalue weighted by Gasteiger charge is 2.34. The molecule has 0 aromatic carbocycles. The van der Waals surface area contributed by atoms with E-state index in [1.807, 2.05) is 12.3 Å². The molecule has 3 rings (SSSR count). The Bertz CT molecular complexity index is 390. The van der Waals surface area contributed by atoms with E-state index in [0.717, 1.165) is 25.5 Å². The summed E-state index contributed by atoms with van der Waals surface area (Å²) in [5, 5.41) is 3.54. The topological polar surface area (TPSA) is 31.4 Å². The van der Waals surface area contributed by atoms with Gasteiger partial charge in [-0.15, -0.1) is 0 Å². The van der Waals surface area contributed by atoms with Crippen molar-refractivity contribution in [3.05, 3.63) is 18.3 Å². The van der Waals surface area contributed by atoms with Crippen LogP contribution in [0.2, 0.25) is 0 Å². The van der Waals surface area contributed by atoms with Crippen LogP contribution < -0.4 is 10.2 Å². The van der Waals surface area contributed by atoms with E-state index in [1.165, 1.54) is 5.69 Å². The quantitative estimate of drug-likeness (QED) is 0.771. The lowest BCUT2D eigenvalue weighted by Crippen LogP contribution is -2.55. The van der Waals surface area contributed by atoms with Crippen LogP contribution in [-0.2, 0) is 0 Å². The SMILES string of the molecule is CC(C)N1CCN2c3ncccc3NC2C1. The fraction of sp³-hybridized carbons (Fsp3) is 0.583. The minimum absolute atomic E-state index is 0.404. The Balaban J connectivity index is 1.82. The lowest BCUT2D eigenvalue weighted by molar-refractivity contribution is 0.190. The van der Waals surface area contributed by atoms with Gasteiger partial charge in [0, 0.05) is 31.9 Å². The molecule has 0 spiro atoms. The zero-order chi connectivity index (χ0) is 11.1. The van der Waals surface area contributed by atoms with Crippen molar-refractivity contribution in [3.8, 4) is 0 Å². The van der Waals surface area contributed by atoms with Gasteiger partial charge in [-0.2, -0.15) is 0 Å². The van der Waals surface area contributed by atoms with Gasteiger partial charge in [0.15, 0.2) is 5.82 Å². The molecule has 86 valence electrons. The van der Waals surface area contributed by atoms with Gasteiger partial charge in [-0.3, -0.25) is 4.90 Å². The summed E-state index contributed by atoms with van der Waals surface area (Å²) in [6.07, 6.45) is 2.28. The molecule has 0 radical (unpaired) electrons. The van der Waals surface area contributed by atoms with Crippen LogP contribution in [-0.4, -0.2) is 41.7 Å². The van der Waals surface area contributed by atoms with Crippen molar-refractivity contribution in [2.24, 2.45) is 0 Å². The lowest BCUT2D eigenvalue weighted by Gasteiger charge is -2.39. The summed E-state index contributed by atoms with van der Waals surface area (Å²) < 4.78 is 0. The van der Waals surface area contributed by atoms with Crippen molar-refractivity contribution in [1.82, 2.24) is 9.88 Å². The Morgan fingerprint density at radius 1 is 1.44 bits per heavy atom. The second-order valence-electron chi connectivity index (χ2n) is 4.82. The van der Waals surface area contributed by atoms with E-state index in [4.69, 9.17) is 0 Å².